The number of hydrogen-bond donors (Lipinski definition) is 3. The molecule has 1 aliphatic heterocycles. The molecule has 1 rings (SSSR count). The molecule has 1 heterocycles. The van der Waals surface area contributed by atoms with E-state index in [1.165, 1.54) is 44.9 Å². The van der Waals surface area contributed by atoms with Crippen molar-refractivity contribution in [3.8, 4) is 0 Å². The Bertz CT molecular complexity index is 308. The quantitative estimate of drug-likeness (QED) is 0.357. The molecule has 1 aliphatic rings. The third kappa shape index (κ3) is 8.70. The monoisotopic (exact) mass is 330 g/mol. The van der Waals surface area contributed by atoms with Crippen molar-refractivity contribution in [2.24, 2.45) is 0 Å². The first kappa shape index (κ1) is 20.4. The van der Waals surface area contributed by atoms with Crippen LogP contribution in [0.4, 0.5) is 0 Å². The highest BCUT2D eigenvalue weighted by Gasteiger charge is 2.39. The van der Waals surface area contributed by atoms with E-state index in [2.05, 4.69) is 6.92 Å². The van der Waals surface area contributed by atoms with Crippen LogP contribution >= 0.6 is 0 Å². The third-order valence-electron chi connectivity index (χ3n) is 4.25. The predicted molar refractivity (Wildman–Crippen MR) is 90.1 cm³/mol. The van der Waals surface area contributed by atoms with E-state index in [9.17, 15) is 15.3 Å². The molecule has 0 bridgehead atoms. The lowest BCUT2D eigenvalue weighted by molar-refractivity contribution is -0.0703. The van der Waals surface area contributed by atoms with Gasteiger partial charge in [0.1, 0.15) is 31.0 Å². The van der Waals surface area contributed by atoms with E-state index in [1.54, 1.807) is 6.26 Å². The van der Waals surface area contributed by atoms with Crippen molar-refractivity contribution in [2.75, 3.05) is 13.2 Å². The minimum absolute atomic E-state index is 0.0528. The van der Waals surface area contributed by atoms with Crippen LogP contribution in [0.3, 0.4) is 0 Å². The summed E-state index contributed by atoms with van der Waals surface area (Å²) in [6.07, 6.45) is 11.3. The molecule has 0 saturated carbocycles. The van der Waals surface area contributed by atoms with Gasteiger partial charge in [0, 0.05) is 0 Å². The second kappa shape index (κ2) is 12.8. The van der Waals surface area contributed by atoms with Crippen molar-refractivity contribution in [2.45, 2.75) is 89.1 Å². The highest BCUT2D eigenvalue weighted by atomic mass is 16.5. The Morgan fingerprint density at radius 2 is 1.74 bits per heavy atom. The maximum atomic E-state index is 9.84. The summed E-state index contributed by atoms with van der Waals surface area (Å²) in [4.78, 5) is 0. The Balaban J connectivity index is 1.92. The molecular weight excluding hydrogens is 296 g/mol. The van der Waals surface area contributed by atoms with E-state index in [0.717, 1.165) is 12.8 Å². The largest absolute Gasteiger partial charge is 0.499 e. The van der Waals surface area contributed by atoms with E-state index in [1.807, 2.05) is 6.08 Å². The fourth-order valence-corrected chi connectivity index (χ4v) is 2.75. The molecule has 0 aromatic rings. The van der Waals surface area contributed by atoms with Crippen LogP contribution in [-0.2, 0) is 9.47 Å². The molecule has 0 radical (unpaired) electrons. The molecule has 3 N–H and O–H groups in total. The SMILES string of the molecule is CCCCCCCCCC/C=C/OC[C@H](O)[C@@H]1OC[C@@H](O)[C@@H]1O. The van der Waals surface area contributed by atoms with Crippen LogP contribution in [0.5, 0.6) is 0 Å². The number of allylic oxidation sites excluding steroid dienone is 1. The molecule has 0 spiro atoms. The highest BCUT2D eigenvalue weighted by molar-refractivity contribution is 4.88. The van der Waals surface area contributed by atoms with Crippen LogP contribution in [0.15, 0.2) is 12.3 Å². The Morgan fingerprint density at radius 3 is 2.35 bits per heavy atom. The predicted octanol–water partition coefficient (Wildman–Crippen LogP) is 2.53. The third-order valence-corrected chi connectivity index (χ3v) is 4.25. The number of aliphatic hydroxyl groups excluding tert-OH is 3. The zero-order chi connectivity index (χ0) is 16.9. The van der Waals surface area contributed by atoms with E-state index < -0.39 is 24.4 Å². The molecule has 0 aromatic heterocycles. The first-order valence-corrected chi connectivity index (χ1v) is 9.09. The summed E-state index contributed by atoms with van der Waals surface area (Å²) in [7, 11) is 0. The first-order chi connectivity index (χ1) is 11.2. The average molecular weight is 330 g/mol. The van der Waals surface area contributed by atoms with Gasteiger partial charge in [-0.05, 0) is 18.9 Å². The maximum absolute atomic E-state index is 9.84. The van der Waals surface area contributed by atoms with Crippen LogP contribution in [0, 0.1) is 0 Å². The molecule has 136 valence electrons. The Morgan fingerprint density at radius 1 is 1.09 bits per heavy atom. The van der Waals surface area contributed by atoms with E-state index >= 15 is 0 Å². The summed E-state index contributed by atoms with van der Waals surface area (Å²) in [5.74, 6) is 0. The summed E-state index contributed by atoms with van der Waals surface area (Å²) in [5.41, 5.74) is 0. The molecule has 0 aromatic carbocycles. The van der Waals surface area contributed by atoms with Gasteiger partial charge in [0.15, 0.2) is 0 Å². The summed E-state index contributed by atoms with van der Waals surface area (Å²) in [5, 5.41) is 28.8. The van der Waals surface area contributed by atoms with Gasteiger partial charge in [0.2, 0.25) is 0 Å². The normalized spacial score (nSPS) is 26.0. The van der Waals surface area contributed by atoms with Crippen LogP contribution in [-0.4, -0.2) is 52.9 Å². The Labute approximate surface area is 140 Å². The van der Waals surface area contributed by atoms with Gasteiger partial charge < -0.3 is 24.8 Å². The molecule has 5 nitrogen and oxygen atoms in total. The first-order valence-electron chi connectivity index (χ1n) is 9.09. The molecule has 4 atom stereocenters. The van der Waals surface area contributed by atoms with Gasteiger partial charge in [0.25, 0.3) is 0 Å². The number of aliphatic hydroxyl groups is 3. The molecule has 23 heavy (non-hydrogen) atoms. The van der Waals surface area contributed by atoms with Crippen molar-refractivity contribution >= 4 is 0 Å². The summed E-state index contributed by atoms with van der Waals surface area (Å²) in [6.45, 7) is 2.35. The number of hydrogen-bond acceptors (Lipinski definition) is 5. The number of ether oxygens (including phenoxy) is 2. The van der Waals surface area contributed by atoms with E-state index in [0.29, 0.717) is 0 Å². The lowest BCUT2D eigenvalue weighted by Crippen LogP contribution is -2.40. The number of unbranched alkanes of at least 4 members (excludes halogenated alkanes) is 8. The van der Waals surface area contributed by atoms with Crippen molar-refractivity contribution in [1.82, 2.24) is 0 Å². The van der Waals surface area contributed by atoms with Crippen molar-refractivity contribution in [3.05, 3.63) is 12.3 Å². The Kier molecular flexibility index (Phi) is 11.3. The molecule has 0 amide bonds. The fraction of sp³-hybridized carbons (Fsp3) is 0.889. The Hall–Kier alpha value is -0.620. The lowest BCUT2D eigenvalue weighted by atomic mass is 10.1. The molecule has 0 aliphatic carbocycles. The smallest absolute Gasteiger partial charge is 0.117 e. The van der Waals surface area contributed by atoms with Crippen LogP contribution in [0.25, 0.3) is 0 Å². The topological polar surface area (TPSA) is 79.2 Å². The highest BCUT2D eigenvalue weighted by Crippen LogP contribution is 2.17. The van der Waals surface area contributed by atoms with E-state index in [-0.39, 0.29) is 13.2 Å². The van der Waals surface area contributed by atoms with Gasteiger partial charge in [-0.1, -0.05) is 51.9 Å². The van der Waals surface area contributed by atoms with Crippen LogP contribution < -0.4 is 0 Å². The molecular formula is C18H34O5. The summed E-state index contributed by atoms with van der Waals surface area (Å²) >= 11 is 0. The minimum atomic E-state index is -1.05. The van der Waals surface area contributed by atoms with Gasteiger partial charge in [-0.2, -0.15) is 0 Å². The van der Waals surface area contributed by atoms with Crippen LogP contribution in [0.1, 0.15) is 64.7 Å². The second-order valence-electron chi connectivity index (χ2n) is 6.39. The van der Waals surface area contributed by atoms with Gasteiger partial charge in [0.05, 0.1) is 12.9 Å². The summed E-state index contributed by atoms with van der Waals surface area (Å²) < 4.78 is 10.4. The van der Waals surface area contributed by atoms with Crippen LogP contribution in [0.2, 0.25) is 0 Å². The van der Waals surface area contributed by atoms with Gasteiger partial charge in [-0.25, -0.2) is 0 Å². The summed E-state index contributed by atoms with van der Waals surface area (Å²) in [6, 6.07) is 0. The van der Waals surface area contributed by atoms with Gasteiger partial charge >= 0.3 is 0 Å². The van der Waals surface area contributed by atoms with Crippen molar-refractivity contribution in [1.29, 1.82) is 0 Å². The van der Waals surface area contributed by atoms with E-state index in [4.69, 9.17) is 9.47 Å². The zero-order valence-corrected chi connectivity index (χ0v) is 14.4. The van der Waals surface area contributed by atoms with Gasteiger partial charge in [-0.15, -0.1) is 0 Å². The van der Waals surface area contributed by atoms with Crippen molar-refractivity contribution in [3.63, 3.8) is 0 Å². The molecule has 5 heteroatoms. The zero-order valence-electron chi connectivity index (χ0n) is 14.4. The fourth-order valence-electron chi connectivity index (χ4n) is 2.75. The van der Waals surface area contributed by atoms with Crippen molar-refractivity contribution < 1.29 is 24.8 Å². The second-order valence-corrected chi connectivity index (χ2v) is 6.39. The minimum Gasteiger partial charge on any atom is -0.499 e. The molecule has 1 fully saturated rings. The molecule has 0 unspecified atom stereocenters. The maximum Gasteiger partial charge on any atom is 0.117 e. The van der Waals surface area contributed by atoms with Gasteiger partial charge in [-0.3, -0.25) is 0 Å². The standard InChI is InChI=1S/C18H34O5/c1-2-3-4-5-6-7-8-9-10-11-12-22-13-16(20)18-17(21)15(19)14-23-18/h11-12,15-21H,2-10,13-14H2,1H3/b12-11+/t15-,16+,17+,18+/m1/s1. The molecule has 1 saturated heterocycles. The lowest BCUT2D eigenvalue weighted by Gasteiger charge is -2.20. The average Bonchev–Trinajstić information content (AvgIpc) is 2.88. The number of rotatable bonds is 13.